The van der Waals surface area contributed by atoms with Gasteiger partial charge in [0, 0.05) is 0 Å². The van der Waals surface area contributed by atoms with Crippen LogP contribution in [-0.2, 0) is 4.79 Å². The molecule has 96 valence electrons. The maximum Gasteiger partial charge on any atom is 0.318 e. The molecule has 0 radical (unpaired) electrons. The standard InChI is InChI=1S/C7H14N6O4/c1-7(12-5(9)16,13-6(10)17)2-3(14)11-4(8)15/h2H2,1H3,(H3,9,12,16)(H3,10,13,17)(H3,8,11,14,15). The summed E-state index contributed by atoms with van der Waals surface area (Å²) in [5.41, 5.74) is 12.9. The highest BCUT2D eigenvalue weighted by atomic mass is 16.2. The highest BCUT2D eigenvalue weighted by Crippen LogP contribution is 2.04. The average Bonchev–Trinajstić information content (AvgIpc) is 1.95. The molecule has 7 amide bonds. The summed E-state index contributed by atoms with van der Waals surface area (Å²) in [6.45, 7) is 1.28. The molecule has 10 heteroatoms. The van der Waals surface area contributed by atoms with Crippen molar-refractivity contribution in [2.24, 2.45) is 17.2 Å². The van der Waals surface area contributed by atoms with E-state index in [9.17, 15) is 19.2 Å². The summed E-state index contributed by atoms with van der Waals surface area (Å²) in [4.78, 5) is 43.0. The van der Waals surface area contributed by atoms with E-state index in [0.717, 1.165) is 0 Å². The number of primary amides is 3. The Labute approximate surface area is 96.2 Å². The predicted octanol–water partition coefficient (Wildman–Crippen LogP) is -2.38. The molecule has 17 heavy (non-hydrogen) atoms. The lowest BCUT2D eigenvalue weighted by atomic mass is 10.1. The molecule has 10 nitrogen and oxygen atoms in total. The Hall–Kier alpha value is -2.52. The second kappa shape index (κ2) is 5.53. The van der Waals surface area contributed by atoms with Crippen molar-refractivity contribution in [1.82, 2.24) is 16.0 Å². The molecule has 0 aromatic heterocycles. The minimum atomic E-state index is -1.52. The van der Waals surface area contributed by atoms with E-state index in [-0.39, 0.29) is 0 Å². The van der Waals surface area contributed by atoms with E-state index in [1.54, 1.807) is 5.32 Å². The van der Waals surface area contributed by atoms with Gasteiger partial charge in [0.25, 0.3) is 0 Å². The van der Waals surface area contributed by atoms with Crippen molar-refractivity contribution in [3.63, 3.8) is 0 Å². The minimum Gasteiger partial charge on any atom is -0.352 e. The summed E-state index contributed by atoms with van der Waals surface area (Å²) in [5, 5.41) is 5.97. The molecule has 0 saturated carbocycles. The Morgan fingerprint density at radius 3 is 1.65 bits per heavy atom. The molecule has 0 aromatic carbocycles. The third kappa shape index (κ3) is 6.54. The maximum absolute atomic E-state index is 11.2. The first-order valence-corrected chi connectivity index (χ1v) is 4.39. The average molecular weight is 246 g/mol. The molecule has 0 spiro atoms. The van der Waals surface area contributed by atoms with Crippen molar-refractivity contribution >= 4 is 24.0 Å². The highest BCUT2D eigenvalue weighted by molar-refractivity contribution is 5.94. The molecule has 0 rings (SSSR count). The number of nitrogens with one attached hydrogen (secondary N) is 3. The number of rotatable bonds is 4. The molecule has 0 aromatic rings. The summed E-state index contributed by atoms with van der Waals surface area (Å²) in [6, 6.07) is -3.02. The van der Waals surface area contributed by atoms with Crippen molar-refractivity contribution in [3.05, 3.63) is 0 Å². The number of carbonyl (C=O) groups excluding carboxylic acids is 4. The maximum atomic E-state index is 11.2. The van der Waals surface area contributed by atoms with Crippen LogP contribution >= 0.6 is 0 Å². The fraction of sp³-hybridized carbons (Fsp3) is 0.429. The van der Waals surface area contributed by atoms with Crippen LogP contribution in [0, 0.1) is 0 Å². The molecule has 0 saturated heterocycles. The Morgan fingerprint density at radius 2 is 1.35 bits per heavy atom. The first-order chi connectivity index (χ1) is 7.64. The lowest BCUT2D eigenvalue weighted by molar-refractivity contribution is -0.121. The Kier molecular flexibility index (Phi) is 4.71. The molecule has 9 N–H and O–H groups in total. The van der Waals surface area contributed by atoms with Gasteiger partial charge in [-0.3, -0.25) is 10.1 Å². The van der Waals surface area contributed by atoms with Gasteiger partial charge in [-0.05, 0) is 6.92 Å². The van der Waals surface area contributed by atoms with Gasteiger partial charge in [0.1, 0.15) is 5.66 Å². The summed E-state index contributed by atoms with van der Waals surface area (Å²) in [6.07, 6.45) is -0.470. The Morgan fingerprint density at radius 1 is 0.941 bits per heavy atom. The third-order valence-electron chi connectivity index (χ3n) is 1.57. The van der Waals surface area contributed by atoms with Crippen molar-refractivity contribution in [3.8, 4) is 0 Å². The minimum absolute atomic E-state index is 0.470. The number of hydrogen-bond acceptors (Lipinski definition) is 4. The lowest BCUT2D eigenvalue weighted by Crippen LogP contribution is -2.62. The van der Waals surface area contributed by atoms with Crippen LogP contribution < -0.4 is 33.2 Å². The van der Waals surface area contributed by atoms with Crippen LogP contribution in [0.15, 0.2) is 0 Å². The van der Waals surface area contributed by atoms with Crippen molar-refractivity contribution in [1.29, 1.82) is 0 Å². The zero-order valence-corrected chi connectivity index (χ0v) is 9.07. The topological polar surface area (TPSA) is 182 Å². The number of imide groups is 1. The van der Waals surface area contributed by atoms with E-state index in [1.165, 1.54) is 6.92 Å². The predicted molar refractivity (Wildman–Crippen MR) is 56.2 cm³/mol. The fourth-order valence-corrected chi connectivity index (χ4v) is 1.17. The molecule has 0 atom stereocenters. The molecule has 0 aliphatic carbocycles. The van der Waals surface area contributed by atoms with Crippen LogP contribution in [0.4, 0.5) is 14.4 Å². The first-order valence-electron chi connectivity index (χ1n) is 4.39. The van der Waals surface area contributed by atoms with Crippen LogP contribution in [0.2, 0.25) is 0 Å². The summed E-state index contributed by atoms with van der Waals surface area (Å²) < 4.78 is 0. The van der Waals surface area contributed by atoms with Gasteiger partial charge < -0.3 is 27.8 Å². The van der Waals surface area contributed by atoms with Crippen LogP contribution in [0.1, 0.15) is 13.3 Å². The van der Waals surface area contributed by atoms with E-state index in [1.807, 2.05) is 0 Å². The molecular formula is C7H14N6O4. The van der Waals surface area contributed by atoms with Gasteiger partial charge >= 0.3 is 18.1 Å². The number of amides is 7. The van der Waals surface area contributed by atoms with Crippen molar-refractivity contribution < 1.29 is 19.2 Å². The number of nitrogens with two attached hydrogens (primary N) is 3. The quantitative estimate of drug-likeness (QED) is 0.303. The second-order valence-corrected chi connectivity index (χ2v) is 3.40. The summed E-state index contributed by atoms with van der Waals surface area (Å²) in [7, 11) is 0. The van der Waals surface area contributed by atoms with Gasteiger partial charge in [-0.1, -0.05) is 0 Å². The van der Waals surface area contributed by atoms with Gasteiger partial charge in [-0.25, -0.2) is 14.4 Å². The zero-order chi connectivity index (χ0) is 13.6. The monoisotopic (exact) mass is 246 g/mol. The van der Waals surface area contributed by atoms with E-state index in [0.29, 0.717) is 0 Å². The molecule has 0 aliphatic heterocycles. The molecule has 0 unspecified atom stereocenters. The van der Waals surface area contributed by atoms with E-state index in [2.05, 4.69) is 10.6 Å². The molecule has 0 aliphatic rings. The first kappa shape index (κ1) is 14.5. The van der Waals surface area contributed by atoms with Crippen molar-refractivity contribution in [2.75, 3.05) is 0 Å². The summed E-state index contributed by atoms with van der Waals surface area (Å²) >= 11 is 0. The van der Waals surface area contributed by atoms with E-state index in [4.69, 9.17) is 17.2 Å². The Bertz CT molecular complexity index is 338. The smallest absolute Gasteiger partial charge is 0.318 e. The van der Waals surface area contributed by atoms with Gasteiger partial charge in [0.15, 0.2) is 0 Å². The third-order valence-corrected chi connectivity index (χ3v) is 1.57. The van der Waals surface area contributed by atoms with Crippen LogP contribution in [0.25, 0.3) is 0 Å². The van der Waals surface area contributed by atoms with Gasteiger partial charge in [-0.15, -0.1) is 0 Å². The van der Waals surface area contributed by atoms with Crippen LogP contribution in [0.3, 0.4) is 0 Å². The SMILES string of the molecule is CC(CC(=O)NC(N)=O)(NC(N)=O)NC(N)=O. The lowest BCUT2D eigenvalue weighted by Gasteiger charge is -2.29. The van der Waals surface area contributed by atoms with Crippen LogP contribution in [-0.4, -0.2) is 29.7 Å². The fourth-order valence-electron chi connectivity index (χ4n) is 1.17. The summed E-state index contributed by atoms with van der Waals surface area (Å²) in [5.74, 6) is -0.817. The zero-order valence-electron chi connectivity index (χ0n) is 9.07. The van der Waals surface area contributed by atoms with Gasteiger partial charge in [0.05, 0.1) is 6.42 Å². The number of urea groups is 3. The second-order valence-electron chi connectivity index (χ2n) is 3.40. The molecule has 0 fully saturated rings. The largest absolute Gasteiger partial charge is 0.352 e. The number of hydrogen-bond donors (Lipinski definition) is 6. The normalized spacial score (nSPS) is 10.2. The van der Waals surface area contributed by atoms with E-state index >= 15 is 0 Å². The number of carbonyl (C=O) groups is 4. The van der Waals surface area contributed by atoms with Gasteiger partial charge in [0.2, 0.25) is 5.91 Å². The molecular weight excluding hydrogens is 232 g/mol. The van der Waals surface area contributed by atoms with Crippen molar-refractivity contribution in [2.45, 2.75) is 19.0 Å². The van der Waals surface area contributed by atoms with Crippen LogP contribution in [0.5, 0.6) is 0 Å². The highest BCUT2D eigenvalue weighted by Gasteiger charge is 2.30. The van der Waals surface area contributed by atoms with E-state index < -0.39 is 36.1 Å². The van der Waals surface area contributed by atoms with Gasteiger partial charge in [-0.2, -0.15) is 0 Å². The molecule has 0 heterocycles. The Balaban J connectivity index is 4.68. The molecule has 0 bridgehead atoms.